The third-order valence-electron chi connectivity index (χ3n) is 2.83. The molecule has 0 saturated carbocycles. The second kappa shape index (κ2) is 5.07. The molecule has 0 N–H and O–H groups in total. The highest BCUT2D eigenvalue weighted by Crippen LogP contribution is 2.37. The number of rotatable bonds is 2. The van der Waals surface area contributed by atoms with Gasteiger partial charge < -0.3 is 4.90 Å². The Morgan fingerprint density at radius 2 is 2.38 bits per heavy atom. The maximum Gasteiger partial charge on any atom is 0.219 e. The Morgan fingerprint density at radius 1 is 1.62 bits per heavy atom. The van der Waals surface area contributed by atoms with Crippen molar-refractivity contribution < 1.29 is 4.79 Å². The van der Waals surface area contributed by atoms with Crippen molar-refractivity contribution >= 4 is 44.8 Å². The number of fused-ring (bicyclic) bond motifs is 1. The number of nitrogens with zero attached hydrogens (tertiary/aromatic N) is 1. The Kier molecular flexibility index (Phi) is 3.93. The molecular formula is C11H13BrClNOS. The van der Waals surface area contributed by atoms with Crippen LogP contribution in [-0.4, -0.2) is 23.2 Å². The first kappa shape index (κ1) is 12.4. The lowest BCUT2D eigenvalue weighted by Crippen LogP contribution is -2.33. The van der Waals surface area contributed by atoms with E-state index in [-0.39, 0.29) is 5.91 Å². The molecule has 0 aromatic carbocycles. The zero-order chi connectivity index (χ0) is 11.7. The molecule has 2 rings (SSSR count). The lowest BCUT2D eigenvalue weighted by atomic mass is 10.1. The predicted octanol–water partition coefficient (Wildman–Crippen LogP) is 3.20. The van der Waals surface area contributed by atoms with E-state index in [0.717, 1.165) is 25.9 Å². The van der Waals surface area contributed by atoms with E-state index in [9.17, 15) is 4.79 Å². The number of halogens is 2. The number of hydrogen-bond donors (Lipinski definition) is 0. The summed E-state index contributed by atoms with van der Waals surface area (Å²) in [6.07, 6.45) is 1.86. The van der Waals surface area contributed by atoms with E-state index in [2.05, 4.69) is 15.9 Å². The molecule has 1 aliphatic rings. The summed E-state index contributed by atoms with van der Waals surface area (Å²) in [6.45, 7) is 3.22. The highest BCUT2D eigenvalue weighted by molar-refractivity contribution is 9.10. The summed E-state index contributed by atoms with van der Waals surface area (Å²) >= 11 is 11.2. The van der Waals surface area contributed by atoms with Gasteiger partial charge in [0.15, 0.2) is 0 Å². The summed E-state index contributed by atoms with van der Waals surface area (Å²) in [5, 5.41) is 0. The largest absolute Gasteiger partial charge is 0.337 e. The number of alkyl halides is 1. The monoisotopic (exact) mass is 321 g/mol. The number of carbonyl (C=O) groups is 1. The fourth-order valence-electron chi connectivity index (χ4n) is 1.94. The van der Waals surface area contributed by atoms with Gasteiger partial charge in [-0.05, 0) is 34.3 Å². The van der Waals surface area contributed by atoms with Crippen LogP contribution in [-0.2, 0) is 24.2 Å². The molecule has 0 bridgehead atoms. The molecule has 2 heterocycles. The van der Waals surface area contributed by atoms with Gasteiger partial charge in [0, 0.05) is 33.6 Å². The fourth-order valence-corrected chi connectivity index (χ4v) is 4.51. The van der Waals surface area contributed by atoms with Gasteiger partial charge in [-0.3, -0.25) is 4.79 Å². The molecule has 5 heteroatoms. The second-order valence-electron chi connectivity index (χ2n) is 3.87. The van der Waals surface area contributed by atoms with Crippen molar-refractivity contribution in [3.63, 3.8) is 0 Å². The second-order valence-corrected chi connectivity index (χ2v) is 6.23. The molecule has 16 heavy (non-hydrogen) atoms. The van der Waals surface area contributed by atoms with Crippen molar-refractivity contribution in [1.82, 2.24) is 4.90 Å². The van der Waals surface area contributed by atoms with Crippen molar-refractivity contribution in [3.8, 4) is 0 Å². The minimum Gasteiger partial charge on any atom is -0.337 e. The first-order valence-electron chi connectivity index (χ1n) is 5.24. The van der Waals surface area contributed by atoms with Crippen LogP contribution in [0.15, 0.2) is 4.47 Å². The normalized spacial score (nSPS) is 15.1. The van der Waals surface area contributed by atoms with Gasteiger partial charge in [-0.2, -0.15) is 0 Å². The Hall–Kier alpha value is -0.0600. The summed E-state index contributed by atoms with van der Waals surface area (Å²) in [5.41, 5.74) is 1.38. The molecule has 2 nitrogen and oxygen atoms in total. The van der Waals surface area contributed by atoms with Crippen LogP contribution in [0.5, 0.6) is 0 Å². The molecule has 1 amide bonds. The molecule has 0 saturated heterocycles. The summed E-state index contributed by atoms with van der Waals surface area (Å²) < 4.78 is 1.22. The number of carbonyl (C=O) groups excluding carboxylic acids is 1. The molecule has 0 fully saturated rings. The molecular weight excluding hydrogens is 310 g/mol. The summed E-state index contributed by atoms with van der Waals surface area (Å²) in [4.78, 5) is 15.8. The van der Waals surface area contributed by atoms with Gasteiger partial charge in [0.2, 0.25) is 5.91 Å². The summed E-state index contributed by atoms with van der Waals surface area (Å²) in [6, 6.07) is 0. The topological polar surface area (TPSA) is 20.3 Å². The molecule has 0 atom stereocenters. The van der Waals surface area contributed by atoms with Crippen molar-refractivity contribution in [2.24, 2.45) is 0 Å². The Bertz CT molecular complexity index is 418. The average molecular weight is 323 g/mol. The first-order chi connectivity index (χ1) is 7.63. The summed E-state index contributed by atoms with van der Waals surface area (Å²) in [5.74, 6) is 0.808. The maximum atomic E-state index is 11.3. The zero-order valence-electron chi connectivity index (χ0n) is 9.06. The molecule has 0 spiro atoms. The number of amides is 1. The quantitative estimate of drug-likeness (QED) is 0.766. The lowest BCUT2D eigenvalue weighted by Gasteiger charge is -2.25. The van der Waals surface area contributed by atoms with E-state index >= 15 is 0 Å². The van der Waals surface area contributed by atoms with Crippen molar-refractivity contribution in [2.45, 2.75) is 26.3 Å². The zero-order valence-corrected chi connectivity index (χ0v) is 12.2. The van der Waals surface area contributed by atoms with Gasteiger partial charge in [-0.15, -0.1) is 22.9 Å². The minimum absolute atomic E-state index is 0.161. The SMILES string of the molecule is CC(=O)N1CCc2c(sc(CCCl)c2Br)C1. The van der Waals surface area contributed by atoms with Crippen LogP contribution in [0.2, 0.25) is 0 Å². The van der Waals surface area contributed by atoms with Gasteiger partial charge in [0.05, 0.1) is 6.54 Å². The Balaban J connectivity index is 2.26. The van der Waals surface area contributed by atoms with Crippen molar-refractivity contribution in [1.29, 1.82) is 0 Å². The molecule has 1 aromatic rings. The third-order valence-corrected chi connectivity index (χ3v) is 5.51. The minimum atomic E-state index is 0.161. The highest BCUT2D eigenvalue weighted by atomic mass is 79.9. The first-order valence-corrected chi connectivity index (χ1v) is 7.38. The van der Waals surface area contributed by atoms with Gasteiger partial charge in [-0.1, -0.05) is 0 Å². The van der Waals surface area contributed by atoms with Crippen LogP contribution < -0.4 is 0 Å². The Morgan fingerprint density at radius 3 is 3.00 bits per heavy atom. The molecule has 88 valence electrons. The van der Waals surface area contributed by atoms with Crippen LogP contribution in [0, 0.1) is 0 Å². The third kappa shape index (κ3) is 2.29. The van der Waals surface area contributed by atoms with Gasteiger partial charge in [-0.25, -0.2) is 0 Å². The molecule has 1 aliphatic heterocycles. The molecule has 0 radical (unpaired) electrons. The van der Waals surface area contributed by atoms with E-state index in [4.69, 9.17) is 11.6 Å². The van der Waals surface area contributed by atoms with E-state index in [1.165, 1.54) is 19.8 Å². The molecule has 1 aromatic heterocycles. The van der Waals surface area contributed by atoms with Crippen molar-refractivity contribution in [2.75, 3.05) is 12.4 Å². The van der Waals surface area contributed by atoms with Gasteiger partial charge in [0.25, 0.3) is 0 Å². The number of aryl methyl sites for hydroxylation is 1. The van der Waals surface area contributed by atoms with Gasteiger partial charge >= 0.3 is 0 Å². The standard InChI is InChI=1S/C11H13BrClNOS/c1-7(15)14-5-3-8-10(6-14)16-9(2-4-13)11(8)12/h2-6H2,1H3. The van der Waals surface area contributed by atoms with Crippen LogP contribution in [0.25, 0.3) is 0 Å². The van der Waals surface area contributed by atoms with Crippen LogP contribution in [0.1, 0.15) is 22.2 Å². The lowest BCUT2D eigenvalue weighted by molar-refractivity contribution is -0.129. The number of hydrogen-bond acceptors (Lipinski definition) is 2. The van der Waals surface area contributed by atoms with Crippen LogP contribution >= 0.6 is 38.9 Å². The van der Waals surface area contributed by atoms with Gasteiger partial charge in [0.1, 0.15) is 0 Å². The van der Waals surface area contributed by atoms with E-state index in [1.54, 1.807) is 18.3 Å². The van der Waals surface area contributed by atoms with E-state index < -0.39 is 0 Å². The number of thiophene rings is 1. The van der Waals surface area contributed by atoms with Crippen molar-refractivity contribution in [3.05, 3.63) is 19.8 Å². The Labute approximate surface area is 113 Å². The predicted molar refractivity (Wildman–Crippen MR) is 71.2 cm³/mol. The molecule has 0 unspecified atom stereocenters. The smallest absolute Gasteiger partial charge is 0.219 e. The molecule has 0 aliphatic carbocycles. The maximum absolute atomic E-state index is 11.3. The average Bonchev–Trinajstić information content (AvgIpc) is 2.56. The summed E-state index contributed by atoms with van der Waals surface area (Å²) in [7, 11) is 0. The fraction of sp³-hybridized carbons (Fsp3) is 0.545. The van der Waals surface area contributed by atoms with E-state index in [0.29, 0.717) is 5.88 Å². The highest BCUT2D eigenvalue weighted by Gasteiger charge is 2.23. The van der Waals surface area contributed by atoms with E-state index in [1.807, 2.05) is 4.90 Å². The van der Waals surface area contributed by atoms with Crippen LogP contribution in [0.3, 0.4) is 0 Å². The van der Waals surface area contributed by atoms with Crippen LogP contribution in [0.4, 0.5) is 0 Å².